The number of carbonyl (C=O) groups excluding carboxylic acids is 1. The summed E-state index contributed by atoms with van der Waals surface area (Å²) < 4.78 is 11.7. The molecule has 1 aromatic heterocycles. The maximum absolute atomic E-state index is 11.9. The predicted molar refractivity (Wildman–Crippen MR) is 122 cm³/mol. The van der Waals surface area contributed by atoms with Gasteiger partial charge in [0.15, 0.2) is 0 Å². The molecule has 3 aromatic rings. The Morgan fingerprint density at radius 2 is 1.90 bits per heavy atom. The van der Waals surface area contributed by atoms with Crippen LogP contribution in [-0.2, 0) is 11.2 Å². The number of anilines is 1. The Bertz CT molecular complexity index is 1050. The number of rotatable bonds is 10. The van der Waals surface area contributed by atoms with E-state index in [1.54, 1.807) is 6.21 Å². The monoisotopic (exact) mass is 439 g/mol. The Morgan fingerprint density at radius 3 is 2.65 bits per heavy atom. The maximum atomic E-state index is 11.9. The van der Waals surface area contributed by atoms with Crippen molar-refractivity contribution in [2.24, 2.45) is 5.10 Å². The molecule has 0 aliphatic rings. The number of aromatic nitrogens is 2. The van der Waals surface area contributed by atoms with Gasteiger partial charge in [0.2, 0.25) is 11.0 Å². The van der Waals surface area contributed by atoms with Gasteiger partial charge in [-0.1, -0.05) is 41.2 Å². The summed E-state index contributed by atoms with van der Waals surface area (Å²) in [5.74, 6) is 1.28. The first kappa shape index (κ1) is 22.2. The Balaban J connectivity index is 1.44. The molecule has 8 nitrogen and oxygen atoms in total. The molecule has 0 saturated carbocycles. The number of aryl methyl sites for hydroxylation is 2. The summed E-state index contributed by atoms with van der Waals surface area (Å²) >= 11 is 1.17. The van der Waals surface area contributed by atoms with E-state index in [2.05, 4.69) is 33.7 Å². The zero-order chi connectivity index (χ0) is 22.1. The quantitative estimate of drug-likeness (QED) is 0.285. The van der Waals surface area contributed by atoms with Gasteiger partial charge in [0.1, 0.15) is 16.5 Å². The number of amides is 1. The van der Waals surface area contributed by atoms with Gasteiger partial charge >= 0.3 is 0 Å². The first-order chi connectivity index (χ1) is 15.0. The number of benzene rings is 2. The molecule has 0 aliphatic heterocycles. The SMILES string of the molecule is Cc1ccc(OCCCOc2ccccc2/C=N\NC(=O)Cc2nnc(N)s2)c(C)c1. The number of carbonyl (C=O) groups is 1. The van der Waals surface area contributed by atoms with E-state index < -0.39 is 0 Å². The van der Waals surface area contributed by atoms with E-state index in [1.165, 1.54) is 16.9 Å². The van der Waals surface area contributed by atoms with E-state index in [9.17, 15) is 4.79 Å². The van der Waals surface area contributed by atoms with Crippen molar-refractivity contribution in [2.45, 2.75) is 26.7 Å². The largest absolute Gasteiger partial charge is 0.493 e. The Labute approximate surface area is 185 Å². The summed E-state index contributed by atoms with van der Waals surface area (Å²) in [5.41, 5.74) is 11.1. The van der Waals surface area contributed by atoms with Gasteiger partial charge < -0.3 is 15.2 Å². The molecule has 3 rings (SSSR count). The topological polar surface area (TPSA) is 112 Å². The normalized spacial score (nSPS) is 10.9. The zero-order valence-electron chi connectivity index (χ0n) is 17.5. The van der Waals surface area contributed by atoms with E-state index in [-0.39, 0.29) is 12.3 Å². The second-order valence-electron chi connectivity index (χ2n) is 6.86. The van der Waals surface area contributed by atoms with E-state index >= 15 is 0 Å². The van der Waals surface area contributed by atoms with Crippen LogP contribution in [0.4, 0.5) is 5.13 Å². The molecule has 0 bridgehead atoms. The van der Waals surface area contributed by atoms with Gasteiger partial charge in [-0.3, -0.25) is 4.79 Å². The minimum absolute atomic E-state index is 0.0742. The number of hydrogen-bond acceptors (Lipinski definition) is 8. The lowest BCUT2D eigenvalue weighted by Gasteiger charge is -2.11. The van der Waals surface area contributed by atoms with Crippen molar-refractivity contribution >= 4 is 28.6 Å². The summed E-state index contributed by atoms with van der Waals surface area (Å²) in [7, 11) is 0. The highest BCUT2D eigenvalue weighted by molar-refractivity contribution is 7.15. The highest BCUT2D eigenvalue weighted by atomic mass is 32.1. The molecule has 0 atom stereocenters. The number of hydrazone groups is 1. The van der Waals surface area contributed by atoms with Crippen LogP contribution in [0.25, 0.3) is 0 Å². The van der Waals surface area contributed by atoms with Crippen molar-refractivity contribution in [3.8, 4) is 11.5 Å². The summed E-state index contributed by atoms with van der Waals surface area (Å²) in [6.07, 6.45) is 2.36. The van der Waals surface area contributed by atoms with E-state index in [4.69, 9.17) is 15.2 Å². The van der Waals surface area contributed by atoms with E-state index in [0.29, 0.717) is 29.1 Å². The lowest BCUT2D eigenvalue weighted by atomic mass is 10.1. The molecule has 31 heavy (non-hydrogen) atoms. The van der Waals surface area contributed by atoms with Crippen LogP contribution >= 0.6 is 11.3 Å². The van der Waals surface area contributed by atoms with Crippen molar-refractivity contribution in [3.63, 3.8) is 0 Å². The van der Waals surface area contributed by atoms with Crippen molar-refractivity contribution < 1.29 is 14.3 Å². The fraction of sp³-hybridized carbons (Fsp3) is 0.273. The lowest BCUT2D eigenvalue weighted by molar-refractivity contribution is -0.120. The molecule has 2 aromatic carbocycles. The first-order valence-corrected chi connectivity index (χ1v) is 10.6. The summed E-state index contributed by atoms with van der Waals surface area (Å²) in [4.78, 5) is 11.9. The molecule has 3 N–H and O–H groups in total. The van der Waals surface area contributed by atoms with E-state index in [1.807, 2.05) is 43.3 Å². The van der Waals surface area contributed by atoms with Gasteiger partial charge in [-0.05, 0) is 37.6 Å². The molecular formula is C22H25N5O3S. The number of nitrogen functional groups attached to an aromatic ring is 1. The van der Waals surface area contributed by atoms with Crippen molar-refractivity contribution in [3.05, 3.63) is 64.2 Å². The molecular weight excluding hydrogens is 414 g/mol. The third-order valence-corrected chi connectivity index (χ3v) is 4.99. The van der Waals surface area contributed by atoms with Gasteiger partial charge in [0, 0.05) is 12.0 Å². The predicted octanol–water partition coefficient (Wildman–Crippen LogP) is 3.28. The van der Waals surface area contributed by atoms with Gasteiger partial charge in [0.25, 0.3) is 0 Å². The summed E-state index contributed by atoms with van der Waals surface area (Å²) in [6.45, 7) is 5.16. The minimum Gasteiger partial charge on any atom is -0.493 e. The maximum Gasteiger partial charge on any atom is 0.247 e. The molecule has 0 radical (unpaired) electrons. The number of nitrogens with zero attached hydrogens (tertiary/aromatic N) is 3. The molecule has 1 heterocycles. The fourth-order valence-electron chi connectivity index (χ4n) is 2.79. The molecule has 9 heteroatoms. The summed E-state index contributed by atoms with van der Waals surface area (Å²) in [5, 5.41) is 12.4. The van der Waals surface area contributed by atoms with Crippen molar-refractivity contribution in [1.29, 1.82) is 0 Å². The van der Waals surface area contributed by atoms with Crippen LogP contribution in [0, 0.1) is 13.8 Å². The molecule has 0 spiro atoms. The molecule has 0 aliphatic carbocycles. The fourth-order valence-corrected chi connectivity index (χ4v) is 3.40. The molecule has 0 fully saturated rings. The number of nitrogens with two attached hydrogens (primary N) is 1. The Hall–Kier alpha value is -3.46. The number of nitrogens with one attached hydrogen (secondary N) is 1. The second-order valence-corrected chi connectivity index (χ2v) is 7.95. The molecule has 162 valence electrons. The van der Waals surface area contributed by atoms with Crippen LogP contribution in [0.15, 0.2) is 47.6 Å². The van der Waals surface area contributed by atoms with Crippen LogP contribution in [0.2, 0.25) is 0 Å². The average molecular weight is 440 g/mol. The minimum atomic E-state index is -0.297. The Morgan fingerprint density at radius 1 is 1.13 bits per heavy atom. The van der Waals surface area contributed by atoms with Crippen LogP contribution in [0.5, 0.6) is 11.5 Å². The number of ether oxygens (including phenoxy) is 2. The highest BCUT2D eigenvalue weighted by Crippen LogP contribution is 2.19. The first-order valence-electron chi connectivity index (χ1n) is 9.83. The number of para-hydroxylation sites is 1. The van der Waals surface area contributed by atoms with Crippen molar-refractivity contribution in [2.75, 3.05) is 18.9 Å². The van der Waals surface area contributed by atoms with Gasteiger partial charge in [0.05, 0.1) is 25.8 Å². The Kier molecular flexibility index (Phi) is 7.94. The smallest absolute Gasteiger partial charge is 0.247 e. The average Bonchev–Trinajstić information content (AvgIpc) is 3.14. The standard InChI is InChI=1S/C22H25N5O3S/c1-15-8-9-18(16(2)12-15)29-10-5-11-30-19-7-4-3-6-17(19)14-24-25-20(28)13-21-26-27-22(23)31-21/h3-4,6-9,12,14H,5,10-11,13H2,1-2H3,(H2,23,27)(H,25,28)/b24-14-. The third kappa shape index (κ3) is 7.07. The number of hydrogen-bond donors (Lipinski definition) is 2. The van der Waals surface area contributed by atoms with Crippen LogP contribution in [0.3, 0.4) is 0 Å². The lowest BCUT2D eigenvalue weighted by Crippen LogP contribution is -2.19. The molecule has 0 unspecified atom stereocenters. The van der Waals surface area contributed by atoms with E-state index in [0.717, 1.165) is 23.3 Å². The third-order valence-electron chi connectivity index (χ3n) is 4.24. The second kappa shape index (κ2) is 11.1. The summed E-state index contributed by atoms with van der Waals surface area (Å²) in [6, 6.07) is 13.6. The molecule has 1 amide bonds. The van der Waals surface area contributed by atoms with Gasteiger partial charge in [-0.2, -0.15) is 5.10 Å². The van der Waals surface area contributed by atoms with Crippen molar-refractivity contribution in [1.82, 2.24) is 15.6 Å². The van der Waals surface area contributed by atoms with Crippen LogP contribution in [0.1, 0.15) is 28.1 Å². The molecule has 0 saturated heterocycles. The van der Waals surface area contributed by atoms with Gasteiger partial charge in [-0.15, -0.1) is 10.2 Å². The van der Waals surface area contributed by atoms with Crippen LogP contribution < -0.4 is 20.6 Å². The zero-order valence-corrected chi connectivity index (χ0v) is 18.3. The highest BCUT2D eigenvalue weighted by Gasteiger charge is 2.07. The van der Waals surface area contributed by atoms with Gasteiger partial charge in [-0.25, -0.2) is 5.43 Å². The van der Waals surface area contributed by atoms with Crippen LogP contribution in [-0.4, -0.2) is 35.5 Å².